The molecule has 138 valence electrons. The number of rotatable bonds is 5. The molecule has 0 aliphatic carbocycles. The van der Waals surface area contributed by atoms with Gasteiger partial charge in [-0.15, -0.1) is 0 Å². The topological polar surface area (TPSA) is 71.2 Å². The van der Waals surface area contributed by atoms with Crippen LogP contribution < -0.4 is 15.5 Å². The summed E-state index contributed by atoms with van der Waals surface area (Å²) in [5.41, 5.74) is -0.135. The van der Waals surface area contributed by atoms with E-state index in [1.165, 1.54) is 6.20 Å². The van der Waals surface area contributed by atoms with Crippen molar-refractivity contribution >= 4 is 11.6 Å². The van der Waals surface area contributed by atoms with Crippen LogP contribution in [0.1, 0.15) is 16.1 Å². The second-order valence-corrected chi connectivity index (χ2v) is 5.56. The van der Waals surface area contributed by atoms with Gasteiger partial charge in [0.15, 0.2) is 23.2 Å². The second kappa shape index (κ2) is 7.77. The number of benzene rings is 2. The van der Waals surface area contributed by atoms with E-state index in [-0.39, 0.29) is 23.7 Å². The number of carbonyl (C=O) groups is 1. The highest BCUT2D eigenvalue weighted by Gasteiger charge is 2.14. The van der Waals surface area contributed by atoms with E-state index in [2.05, 4.69) is 10.3 Å². The third-order valence-electron chi connectivity index (χ3n) is 3.60. The summed E-state index contributed by atoms with van der Waals surface area (Å²) in [6, 6.07) is 11.4. The van der Waals surface area contributed by atoms with Crippen LogP contribution in [0.4, 0.5) is 18.9 Å². The Bertz CT molecular complexity index is 1010. The molecule has 0 spiro atoms. The van der Waals surface area contributed by atoms with Crippen molar-refractivity contribution < 1.29 is 22.7 Å². The Morgan fingerprint density at radius 2 is 1.70 bits per heavy atom. The van der Waals surface area contributed by atoms with Gasteiger partial charge in [-0.25, -0.2) is 13.2 Å². The Labute approximate surface area is 151 Å². The molecule has 2 aromatic carbocycles. The van der Waals surface area contributed by atoms with E-state index in [4.69, 9.17) is 4.74 Å². The number of hydrogen-bond donors (Lipinski definition) is 2. The molecule has 0 bridgehead atoms. The van der Waals surface area contributed by atoms with Crippen molar-refractivity contribution in [3.05, 3.63) is 93.7 Å². The number of carbonyl (C=O) groups excluding carboxylic acids is 1. The van der Waals surface area contributed by atoms with E-state index in [1.807, 2.05) is 30.3 Å². The maximum atomic E-state index is 13.2. The van der Waals surface area contributed by atoms with Gasteiger partial charge in [-0.05, 0) is 5.56 Å². The Kier molecular flexibility index (Phi) is 5.25. The maximum Gasteiger partial charge on any atom is 0.272 e. The first-order valence-electron chi connectivity index (χ1n) is 7.79. The van der Waals surface area contributed by atoms with Crippen molar-refractivity contribution in [2.24, 2.45) is 0 Å². The van der Waals surface area contributed by atoms with E-state index in [0.29, 0.717) is 12.1 Å². The average molecular weight is 374 g/mol. The van der Waals surface area contributed by atoms with Crippen molar-refractivity contribution in [1.82, 2.24) is 4.98 Å². The van der Waals surface area contributed by atoms with Crippen molar-refractivity contribution in [2.75, 3.05) is 5.32 Å². The highest BCUT2D eigenvalue weighted by atomic mass is 19.2. The Balaban J connectivity index is 1.71. The number of hydrogen-bond acceptors (Lipinski definition) is 3. The lowest BCUT2D eigenvalue weighted by Crippen LogP contribution is -2.18. The number of H-pyrrole nitrogens is 1. The number of anilines is 1. The first-order chi connectivity index (χ1) is 12.9. The summed E-state index contributed by atoms with van der Waals surface area (Å²) in [5, 5.41) is 2.18. The molecule has 0 aliphatic heterocycles. The quantitative estimate of drug-likeness (QED) is 0.670. The number of ether oxygens (including phenoxy) is 1. The summed E-state index contributed by atoms with van der Waals surface area (Å²) < 4.78 is 44.7. The van der Waals surface area contributed by atoms with E-state index >= 15 is 0 Å². The van der Waals surface area contributed by atoms with Crippen LogP contribution in [0, 0.1) is 17.5 Å². The number of nitrogens with one attached hydrogen (secondary N) is 2. The lowest BCUT2D eigenvalue weighted by atomic mass is 10.2. The summed E-state index contributed by atoms with van der Waals surface area (Å²) in [6.07, 6.45) is 1.21. The maximum absolute atomic E-state index is 13.2. The SMILES string of the molecule is O=C(Nc1cc(F)c(F)c(F)c1)c1cc(=O)c(OCc2ccccc2)c[nH]1. The zero-order valence-electron chi connectivity index (χ0n) is 13.8. The molecule has 0 aliphatic rings. The number of pyridine rings is 1. The molecule has 0 unspecified atom stereocenters. The minimum absolute atomic E-state index is 0.00859. The Morgan fingerprint density at radius 3 is 2.33 bits per heavy atom. The summed E-state index contributed by atoms with van der Waals surface area (Å²) >= 11 is 0. The minimum atomic E-state index is -1.64. The molecule has 0 saturated heterocycles. The summed E-state index contributed by atoms with van der Waals surface area (Å²) in [5.74, 6) is -5.34. The molecule has 3 aromatic rings. The monoisotopic (exact) mass is 374 g/mol. The minimum Gasteiger partial charge on any atom is -0.483 e. The highest BCUT2D eigenvalue weighted by Crippen LogP contribution is 2.18. The number of amides is 1. The van der Waals surface area contributed by atoms with Crippen molar-refractivity contribution in [1.29, 1.82) is 0 Å². The third-order valence-corrected chi connectivity index (χ3v) is 3.60. The van der Waals surface area contributed by atoms with Crippen molar-refractivity contribution in [3.63, 3.8) is 0 Å². The van der Waals surface area contributed by atoms with Gasteiger partial charge in [0, 0.05) is 30.1 Å². The van der Waals surface area contributed by atoms with Crippen LogP contribution in [0.2, 0.25) is 0 Å². The lowest BCUT2D eigenvalue weighted by molar-refractivity contribution is 0.102. The summed E-state index contributed by atoms with van der Waals surface area (Å²) in [6.45, 7) is 0.170. The van der Waals surface area contributed by atoms with Crippen LogP contribution >= 0.6 is 0 Å². The van der Waals surface area contributed by atoms with Gasteiger partial charge in [0.2, 0.25) is 5.43 Å². The predicted molar refractivity (Wildman–Crippen MR) is 92.1 cm³/mol. The van der Waals surface area contributed by atoms with Crippen molar-refractivity contribution in [3.8, 4) is 5.75 Å². The molecule has 0 fully saturated rings. The summed E-state index contributed by atoms with van der Waals surface area (Å²) in [4.78, 5) is 26.8. The van der Waals surface area contributed by atoms with E-state index < -0.39 is 28.8 Å². The molecule has 2 N–H and O–H groups in total. The number of halogens is 3. The molecule has 5 nitrogen and oxygen atoms in total. The van der Waals surface area contributed by atoms with E-state index in [1.54, 1.807) is 0 Å². The fraction of sp³-hybridized carbons (Fsp3) is 0.0526. The van der Waals surface area contributed by atoms with Gasteiger partial charge >= 0.3 is 0 Å². The first kappa shape index (κ1) is 18.2. The zero-order valence-corrected chi connectivity index (χ0v) is 13.8. The van der Waals surface area contributed by atoms with Gasteiger partial charge < -0.3 is 15.0 Å². The normalized spacial score (nSPS) is 10.5. The number of aromatic amines is 1. The fourth-order valence-electron chi connectivity index (χ4n) is 2.26. The third kappa shape index (κ3) is 4.35. The van der Waals surface area contributed by atoms with Crippen LogP contribution in [0.5, 0.6) is 5.75 Å². The highest BCUT2D eigenvalue weighted by molar-refractivity contribution is 6.02. The van der Waals surface area contributed by atoms with E-state index in [0.717, 1.165) is 11.6 Å². The molecule has 27 heavy (non-hydrogen) atoms. The largest absolute Gasteiger partial charge is 0.483 e. The smallest absolute Gasteiger partial charge is 0.272 e. The van der Waals surface area contributed by atoms with Crippen LogP contribution in [0.3, 0.4) is 0 Å². The standard InChI is InChI=1S/C19H13F3N2O3/c20-13-6-12(7-14(21)18(13)22)24-19(26)15-8-16(25)17(9-23-15)27-10-11-4-2-1-3-5-11/h1-9H,10H2,(H,23,25)(H,24,26). The van der Waals surface area contributed by atoms with Crippen LogP contribution in [-0.4, -0.2) is 10.9 Å². The molecular formula is C19H13F3N2O3. The molecule has 0 saturated carbocycles. The van der Waals surface area contributed by atoms with E-state index in [9.17, 15) is 22.8 Å². The molecule has 0 atom stereocenters. The molecule has 1 amide bonds. The van der Waals surface area contributed by atoms with Gasteiger partial charge in [-0.3, -0.25) is 9.59 Å². The Morgan fingerprint density at radius 1 is 1.04 bits per heavy atom. The molecule has 0 radical (unpaired) electrons. The van der Waals surface area contributed by atoms with Gasteiger partial charge in [-0.1, -0.05) is 30.3 Å². The zero-order chi connectivity index (χ0) is 19.4. The van der Waals surface area contributed by atoms with Gasteiger partial charge in [0.25, 0.3) is 5.91 Å². The van der Waals surface area contributed by atoms with Crippen LogP contribution in [0.15, 0.2) is 59.5 Å². The second-order valence-electron chi connectivity index (χ2n) is 5.56. The van der Waals surface area contributed by atoms with Crippen LogP contribution in [0.25, 0.3) is 0 Å². The van der Waals surface area contributed by atoms with Gasteiger partial charge in [0.1, 0.15) is 12.3 Å². The van der Waals surface area contributed by atoms with Crippen molar-refractivity contribution in [2.45, 2.75) is 6.61 Å². The predicted octanol–water partition coefficient (Wildman–Crippen LogP) is 3.62. The summed E-state index contributed by atoms with van der Waals surface area (Å²) in [7, 11) is 0. The molecule has 3 rings (SSSR count). The fourth-order valence-corrected chi connectivity index (χ4v) is 2.26. The van der Waals surface area contributed by atoms with Crippen LogP contribution in [-0.2, 0) is 6.61 Å². The molecule has 1 aromatic heterocycles. The van der Waals surface area contributed by atoms with Gasteiger partial charge in [-0.2, -0.15) is 0 Å². The number of aromatic nitrogens is 1. The van der Waals surface area contributed by atoms with Gasteiger partial charge in [0.05, 0.1) is 0 Å². The Hall–Kier alpha value is -3.55. The average Bonchev–Trinajstić information content (AvgIpc) is 2.65. The molecular weight excluding hydrogens is 361 g/mol. The lowest BCUT2D eigenvalue weighted by Gasteiger charge is -2.08. The first-order valence-corrected chi connectivity index (χ1v) is 7.79. The molecule has 1 heterocycles. The molecule has 8 heteroatoms.